The summed E-state index contributed by atoms with van der Waals surface area (Å²) in [6.45, 7) is 2.30. The van der Waals surface area contributed by atoms with Crippen LogP contribution in [-0.2, 0) is 0 Å². The molecule has 14 heavy (non-hydrogen) atoms. The monoisotopic (exact) mass is 216 g/mol. The Kier molecular flexibility index (Phi) is 4.07. The van der Waals surface area contributed by atoms with Crippen LogP contribution >= 0.6 is 11.6 Å². The Bertz CT molecular complexity index is 305. The first-order chi connectivity index (χ1) is 6.65. The molecule has 0 saturated carbocycles. The van der Waals surface area contributed by atoms with Crippen LogP contribution in [0.25, 0.3) is 0 Å². The lowest BCUT2D eigenvalue weighted by Crippen LogP contribution is -2.20. The van der Waals surface area contributed by atoms with Crippen LogP contribution in [0.2, 0.25) is 5.02 Å². The summed E-state index contributed by atoms with van der Waals surface area (Å²) in [6, 6.07) is 4.83. The van der Waals surface area contributed by atoms with Gasteiger partial charge in [0.2, 0.25) is 0 Å². The molecule has 6 heteroatoms. The van der Waals surface area contributed by atoms with Gasteiger partial charge in [-0.05, 0) is 19.1 Å². The lowest BCUT2D eigenvalue weighted by atomic mass is 10.2. The summed E-state index contributed by atoms with van der Waals surface area (Å²) < 4.78 is 9.81. The molecule has 0 heterocycles. The molecule has 0 unspecified atom stereocenters. The Hall–Kier alpha value is -0.905. The van der Waals surface area contributed by atoms with E-state index < -0.39 is 7.32 Å². The van der Waals surface area contributed by atoms with E-state index in [1.165, 1.54) is 6.07 Å². The van der Waals surface area contributed by atoms with Crippen LogP contribution in [0.1, 0.15) is 6.92 Å². The molecule has 0 spiro atoms. The number of benzene rings is 1. The van der Waals surface area contributed by atoms with E-state index in [4.69, 9.17) is 26.4 Å². The molecular weight excluding hydrogens is 206 g/mol. The summed E-state index contributed by atoms with van der Waals surface area (Å²) in [7, 11) is -1.88. The number of ether oxygens (including phenoxy) is 1. The van der Waals surface area contributed by atoms with Crippen molar-refractivity contribution in [2.24, 2.45) is 0 Å². The third kappa shape index (κ3) is 2.80. The summed E-state index contributed by atoms with van der Waals surface area (Å²) in [5.74, 6) is 0.625. The van der Waals surface area contributed by atoms with Crippen LogP contribution in [0.4, 0.5) is 0 Å². The van der Waals surface area contributed by atoms with E-state index in [2.05, 4.69) is 4.65 Å². The summed E-state index contributed by atoms with van der Waals surface area (Å²) >= 11 is 5.86. The van der Waals surface area contributed by atoms with E-state index in [1.807, 2.05) is 6.92 Å². The van der Waals surface area contributed by atoms with Crippen LogP contribution in [0, 0.1) is 0 Å². The molecule has 0 aliphatic heterocycles. The summed E-state index contributed by atoms with van der Waals surface area (Å²) in [4.78, 5) is 0. The van der Waals surface area contributed by atoms with Gasteiger partial charge < -0.3 is 19.4 Å². The Morgan fingerprint density at radius 1 is 1.36 bits per heavy atom. The van der Waals surface area contributed by atoms with E-state index in [9.17, 15) is 0 Å². The molecule has 1 aromatic carbocycles. The minimum Gasteiger partial charge on any atom is -0.511 e. The highest BCUT2D eigenvalue weighted by Gasteiger charge is 2.15. The minimum absolute atomic E-state index is 0.174. The van der Waals surface area contributed by atoms with Crippen LogP contribution in [-0.4, -0.2) is 24.0 Å². The fourth-order valence-corrected chi connectivity index (χ4v) is 1.19. The normalized spacial score (nSPS) is 9.71. The zero-order valence-electron chi connectivity index (χ0n) is 7.61. The van der Waals surface area contributed by atoms with Crippen LogP contribution in [0.5, 0.6) is 11.5 Å². The predicted octanol–water partition coefficient (Wildman–Crippen LogP) is 1.09. The Balaban J connectivity index is 2.89. The van der Waals surface area contributed by atoms with Gasteiger partial charge in [0.25, 0.3) is 0 Å². The topological polar surface area (TPSA) is 58.9 Å². The highest BCUT2D eigenvalue weighted by molar-refractivity contribution is 6.36. The molecule has 0 aromatic heterocycles. The van der Waals surface area contributed by atoms with Crippen molar-refractivity contribution in [3.05, 3.63) is 23.2 Å². The van der Waals surface area contributed by atoms with Crippen LogP contribution in [0.15, 0.2) is 18.2 Å². The second-order valence-corrected chi connectivity index (χ2v) is 2.82. The average Bonchev–Trinajstić information content (AvgIpc) is 2.11. The molecular formula is C8H10BClO4. The van der Waals surface area contributed by atoms with Gasteiger partial charge in [-0.25, -0.2) is 0 Å². The summed E-state index contributed by atoms with van der Waals surface area (Å²) in [5.41, 5.74) is 0. The quantitative estimate of drug-likeness (QED) is 0.740. The molecule has 0 amide bonds. The minimum atomic E-state index is -1.88. The van der Waals surface area contributed by atoms with Gasteiger partial charge in [0.05, 0.1) is 6.61 Å². The molecule has 0 radical (unpaired) electrons. The number of rotatable bonds is 4. The first-order valence-corrected chi connectivity index (χ1v) is 4.47. The Labute approximate surface area is 87.2 Å². The zero-order valence-corrected chi connectivity index (χ0v) is 8.36. The Morgan fingerprint density at radius 2 is 2.00 bits per heavy atom. The molecule has 0 atom stereocenters. The van der Waals surface area contributed by atoms with Crippen molar-refractivity contribution in [3.63, 3.8) is 0 Å². The molecule has 1 rings (SSSR count). The van der Waals surface area contributed by atoms with Gasteiger partial charge in [0.1, 0.15) is 16.5 Å². The van der Waals surface area contributed by atoms with Crippen molar-refractivity contribution >= 4 is 18.9 Å². The van der Waals surface area contributed by atoms with Gasteiger partial charge in [0.15, 0.2) is 0 Å². The molecule has 0 aliphatic rings. The Morgan fingerprint density at radius 3 is 2.57 bits per heavy atom. The van der Waals surface area contributed by atoms with Crippen molar-refractivity contribution in [1.82, 2.24) is 0 Å². The molecule has 0 bridgehead atoms. The fraction of sp³-hybridized carbons (Fsp3) is 0.250. The summed E-state index contributed by atoms with van der Waals surface area (Å²) in [5, 5.41) is 17.4. The largest absolute Gasteiger partial charge is 0.707 e. The van der Waals surface area contributed by atoms with Crippen LogP contribution in [0.3, 0.4) is 0 Å². The van der Waals surface area contributed by atoms with Gasteiger partial charge in [0, 0.05) is 0 Å². The number of hydrogen-bond acceptors (Lipinski definition) is 4. The smallest absolute Gasteiger partial charge is 0.511 e. The van der Waals surface area contributed by atoms with Gasteiger partial charge >= 0.3 is 7.32 Å². The maximum Gasteiger partial charge on any atom is 0.707 e. The van der Waals surface area contributed by atoms with Gasteiger partial charge in [-0.15, -0.1) is 0 Å². The number of hydrogen-bond donors (Lipinski definition) is 2. The predicted molar refractivity (Wildman–Crippen MR) is 53.4 cm³/mol. The standard InChI is InChI=1S/C8H10BClO4/c1-2-13-6-4-3-5-7(8(6)10)14-9(11)12/h3-5,11-12H,2H2,1H3. The maximum absolute atomic E-state index is 8.58. The highest BCUT2D eigenvalue weighted by atomic mass is 35.5. The molecule has 4 nitrogen and oxygen atoms in total. The van der Waals surface area contributed by atoms with Crippen molar-refractivity contribution in [2.45, 2.75) is 6.92 Å². The zero-order chi connectivity index (χ0) is 10.6. The maximum atomic E-state index is 8.58. The molecule has 1 aromatic rings. The number of halogens is 1. The van der Waals surface area contributed by atoms with E-state index in [0.717, 1.165) is 0 Å². The molecule has 2 N–H and O–H groups in total. The average molecular weight is 216 g/mol. The van der Waals surface area contributed by atoms with Crippen molar-refractivity contribution < 1.29 is 19.4 Å². The first-order valence-electron chi connectivity index (χ1n) is 4.09. The van der Waals surface area contributed by atoms with E-state index in [0.29, 0.717) is 12.4 Å². The third-order valence-electron chi connectivity index (χ3n) is 1.46. The van der Waals surface area contributed by atoms with Crippen LogP contribution < -0.4 is 9.39 Å². The highest BCUT2D eigenvalue weighted by Crippen LogP contribution is 2.33. The first kappa shape index (κ1) is 11.2. The van der Waals surface area contributed by atoms with E-state index in [1.54, 1.807) is 12.1 Å². The second-order valence-electron chi connectivity index (χ2n) is 2.45. The van der Waals surface area contributed by atoms with Crippen molar-refractivity contribution in [3.8, 4) is 11.5 Å². The molecule has 0 saturated heterocycles. The fourth-order valence-electron chi connectivity index (χ4n) is 0.962. The van der Waals surface area contributed by atoms with Gasteiger partial charge in [-0.2, -0.15) is 0 Å². The third-order valence-corrected chi connectivity index (χ3v) is 1.83. The van der Waals surface area contributed by atoms with Gasteiger partial charge in [-0.1, -0.05) is 17.7 Å². The molecule has 0 aliphatic carbocycles. The van der Waals surface area contributed by atoms with Crippen molar-refractivity contribution in [2.75, 3.05) is 6.61 Å². The lowest BCUT2D eigenvalue weighted by molar-refractivity contribution is 0.286. The SMILES string of the molecule is CCOc1cccc(OB(O)O)c1Cl. The summed E-state index contributed by atoms with van der Waals surface area (Å²) in [6.07, 6.45) is 0. The molecule has 0 fully saturated rings. The second kappa shape index (κ2) is 5.09. The molecule has 76 valence electrons. The van der Waals surface area contributed by atoms with Crippen molar-refractivity contribution in [1.29, 1.82) is 0 Å². The van der Waals surface area contributed by atoms with E-state index >= 15 is 0 Å². The van der Waals surface area contributed by atoms with Gasteiger partial charge in [-0.3, -0.25) is 0 Å². The van der Waals surface area contributed by atoms with E-state index in [-0.39, 0.29) is 10.8 Å². The lowest BCUT2D eigenvalue weighted by Gasteiger charge is -2.10.